The van der Waals surface area contributed by atoms with Crippen molar-refractivity contribution in [2.45, 2.75) is 19.4 Å². The fourth-order valence-electron chi connectivity index (χ4n) is 1.58. The molecule has 94 valence electrons. The number of carbonyl (C=O) groups is 1. The van der Waals surface area contributed by atoms with Gasteiger partial charge in [-0.15, -0.1) is 0 Å². The van der Waals surface area contributed by atoms with Crippen LogP contribution in [0.1, 0.15) is 17.5 Å². The molecule has 1 amide bonds. The van der Waals surface area contributed by atoms with E-state index in [1.807, 2.05) is 29.6 Å². The zero-order chi connectivity index (χ0) is 12.8. The Bertz CT molecular complexity index is 493. The Morgan fingerprint density at radius 1 is 1.17 bits per heavy atom. The number of aryl methyl sites for hydroxylation is 1. The van der Waals surface area contributed by atoms with Gasteiger partial charge in [0.2, 0.25) is 5.91 Å². The number of thiophene rings is 1. The fourth-order valence-corrected chi connectivity index (χ4v) is 2.41. The topological polar surface area (TPSA) is 29.1 Å². The maximum absolute atomic E-state index is 11.6. The van der Waals surface area contributed by atoms with Gasteiger partial charge < -0.3 is 5.32 Å². The molecule has 2 rings (SSSR count). The van der Waals surface area contributed by atoms with Gasteiger partial charge in [0, 0.05) is 18.0 Å². The number of amides is 1. The van der Waals surface area contributed by atoms with Crippen molar-refractivity contribution in [2.24, 2.45) is 0 Å². The molecule has 0 aliphatic heterocycles. The molecule has 0 spiro atoms. The Balaban J connectivity index is 1.73. The normalized spacial score (nSPS) is 10.3. The van der Waals surface area contributed by atoms with Crippen LogP contribution in [0.5, 0.6) is 0 Å². The van der Waals surface area contributed by atoms with E-state index in [4.69, 9.17) is 11.6 Å². The molecular weight excluding hydrogens is 266 g/mol. The van der Waals surface area contributed by atoms with Crippen molar-refractivity contribution in [3.63, 3.8) is 0 Å². The summed E-state index contributed by atoms with van der Waals surface area (Å²) < 4.78 is 0. The van der Waals surface area contributed by atoms with Crippen LogP contribution >= 0.6 is 22.9 Å². The van der Waals surface area contributed by atoms with E-state index in [1.165, 1.54) is 5.56 Å². The lowest BCUT2D eigenvalue weighted by molar-refractivity contribution is -0.121. The minimum absolute atomic E-state index is 0.0798. The predicted molar refractivity (Wildman–Crippen MR) is 75.9 cm³/mol. The molecule has 18 heavy (non-hydrogen) atoms. The van der Waals surface area contributed by atoms with Crippen LogP contribution in [-0.2, 0) is 17.8 Å². The minimum Gasteiger partial charge on any atom is -0.352 e. The van der Waals surface area contributed by atoms with Gasteiger partial charge in [0.15, 0.2) is 0 Å². The molecule has 0 saturated heterocycles. The number of hydrogen-bond donors (Lipinski definition) is 1. The van der Waals surface area contributed by atoms with E-state index < -0.39 is 0 Å². The lowest BCUT2D eigenvalue weighted by Gasteiger charge is -2.05. The van der Waals surface area contributed by atoms with Crippen LogP contribution in [0.3, 0.4) is 0 Å². The van der Waals surface area contributed by atoms with Gasteiger partial charge in [-0.05, 0) is 46.5 Å². The Morgan fingerprint density at radius 2 is 1.94 bits per heavy atom. The molecule has 0 radical (unpaired) electrons. The first kappa shape index (κ1) is 13.1. The maximum atomic E-state index is 11.6. The fraction of sp³-hybridized carbons (Fsp3) is 0.214. The van der Waals surface area contributed by atoms with E-state index in [-0.39, 0.29) is 5.91 Å². The second kappa shape index (κ2) is 6.57. The average molecular weight is 280 g/mol. The van der Waals surface area contributed by atoms with Crippen molar-refractivity contribution in [3.8, 4) is 0 Å². The SMILES string of the molecule is O=C(CCc1ccsc1)NCc1ccc(Cl)cc1. The lowest BCUT2D eigenvalue weighted by atomic mass is 10.2. The highest BCUT2D eigenvalue weighted by Gasteiger charge is 2.02. The van der Waals surface area contributed by atoms with Crippen molar-refractivity contribution in [2.75, 3.05) is 0 Å². The molecule has 0 aliphatic rings. The summed E-state index contributed by atoms with van der Waals surface area (Å²) in [7, 11) is 0. The number of halogens is 1. The Morgan fingerprint density at radius 3 is 2.61 bits per heavy atom. The molecule has 1 N–H and O–H groups in total. The van der Waals surface area contributed by atoms with E-state index in [1.54, 1.807) is 11.3 Å². The molecular formula is C14H14ClNOS. The summed E-state index contributed by atoms with van der Waals surface area (Å²) >= 11 is 7.45. The molecule has 0 atom stereocenters. The molecule has 0 bridgehead atoms. The molecule has 1 aromatic carbocycles. The number of rotatable bonds is 5. The third-order valence-corrected chi connectivity index (χ3v) is 3.61. The standard InChI is InChI=1S/C14H14ClNOS/c15-13-4-1-11(2-5-13)9-16-14(17)6-3-12-7-8-18-10-12/h1-2,4-5,7-8,10H,3,6,9H2,(H,16,17). The van der Waals surface area contributed by atoms with Crippen LogP contribution in [0.2, 0.25) is 5.02 Å². The van der Waals surface area contributed by atoms with E-state index in [0.717, 1.165) is 12.0 Å². The van der Waals surface area contributed by atoms with Crippen molar-refractivity contribution >= 4 is 28.8 Å². The van der Waals surface area contributed by atoms with Gasteiger partial charge >= 0.3 is 0 Å². The quantitative estimate of drug-likeness (QED) is 0.889. The molecule has 0 saturated carbocycles. The van der Waals surface area contributed by atoms with Gasteiger partial charge in [-0.3, -0.25) is 4.79 Å². The van der Waals surface area contributed by atoms with E-state index >= 15 is 0 Å². The Kier molecular flexibility index (Phi) is 4.79. The zero-order valence-electron chi connectivity index (χ0n) is 9.86. The van der Waals surface area contributed by atoms with Gasteiger partial charge in [0.25, 0.3) is 0 Å². The second-order valence-corrected chi connectivity index (χ2v) is 5.25. The predicted octanol–water partition coefficient (Wildman–Crippen LogP) is 3.65. The lowest BCUT2D eigenvalue weighted by Crippen LogP contribution is -2.22. The maximum Gasteiger partial charge on any atom is 0.220 e. The van der Waals surface area contributed by atoms with Crippen LogP contribution in [0.4, 0.5) is 0 Å². The summed E-state index contributed by atoms with van der Waals surface area (Å²) in [6, 6.07) is 9.54. The van der Waals surface area contributed by atoms with Gasteiger partial charge in [-0.2, -0.15) is 11.3 Å². The second-order valence-electron chi connectivity index (χ2n) is 4.03. The van der Waals surface area contributed by atoms with Crippen LogP contribution < -0.4 is 5.32 Å². The summed E-state index contributed by atoms with van der Waals surface area (Å²) in [5.41, 5.74) is 2.28. The molecule has 0 aliphatic carbocycles. The largest absolute Gasteiger partial charge is 0.352 e. The molecule has 1 heterocycles. The third-order valence-electron chi connectivity index (χ3n) is 2.62. The molecule has 4 heteroatoms. The van der Waals surface area contributed by atoms with Gasteiger partial charge in [-0.1, -0.05) is 23.7 Å². The van der Waals surface area contributed by atoms with Gasteiger partial charge in [-0.25, -0.2) is 0 Å². The Labute approximate surface area is 116 Å². The van der Waals surface area contributed by atoms with E-state index in [9.17, 15) is 4.79 Å². The van der Waals surface area contributed by atoms with Gasteiger partial charge in [0.05, 0.1) is 0 Å². The first-order valence-corrected chi connectivity index (χ1v) is 7.08. The highest BCUT2D eigenvalue weighted by atomic mass is 35.5. The third kappa shape index (κ3) is 4.17. The Hall–Kier alpha value is -1.32. The van der Waals surface area contributed by atoms with E-state index in [0.29, 0.717) is 18.0 Å². The monoisotopic (exact) mass is 279 g/mol. The van der Waals surface area contributed by atoms with E-state index in [2.05, 4.69) is 16.8 Å². The molecule has 0 fully saturated rings. The summed E-state index contributed by atoms with van der Waals surface area (Å²) in [5, 5.41) is 7.72. The summed E-state index contributed by atoms with van der Waals surface area (Å²) in [6.07, 6.45) is 1.33. The molecule has 1 aromatic heterocycles. The number of hydrogen-bond acceptors (Lipinski definition) is 2. The number of carbonyl (C=O) groups excluding carboxylic acids is 1. The first-order valence-electron chi connectivity index (χ1n) is 5.76. The van der Waals surface area contributed by atoms with Crippen LogP contribution in [0.15, 0.2) is 41.1 Å². The highest BCUT2D eigenvalue weighted by Crippen LogP contribution is 2.10. The molecule has 2 nitrogen and oxygen atoms in total. The van der Waals surface area contributed by atoms with Crippen LogP contribution in [0, 0.1) is 0 Å². The average Bonchev–Trinajstić information content (AvgIpc) is 2.89. The van der Waals surface area contributed by atoms with Crippen molar-refractivity contribution < 1.29 is 4.79 Å². The molecule has 0 unspecified atom stereocenters. The molecule has 2 aromatic rings. The highest BCUT2D eigenvalue weighted by molar-refractivity contribution is 7.07. The van der Waals surface area contributed by atoms with Crippen LogP contribution in [-0.4, -0.2) is 5.91 Å². The minimum atomic E-state index is 0.0798. The number of nitrogens with one attached hydrogen (secondary N) is 1. The van der Waals surface area contributed by atoms with Crippen LogP contribution in [0.25, 0.3) is 0 Å². The van der Waals surface area contributed by atoms with Crippen molar-refractivity contribution in [1.29, 1.82) is 0 Å². The smallest absolute Gasteiger partial charge is 0.220 e. The first-order chi connectivity index (χ1) is 8.74. The summed E-state index contributed by atoms with van der Waals surface area (Å²) in [4.78, 5) is 11.6. The number of benzene rings is 1. The summed E-state index contributed by atoms with van der Waals surface area (Å²) in [6.45, 7) is 0.555. The van der Waals surface area contributed by atoms with Gasteiger partial charge in [0.1, 0.15) is 0 Å². The van der Waals surface area contributed by atoms with Crippen molar-refractivity contribution in [1.82, 2.24) is 5.32 Å². The van der Waals surface area contributed by atoms with Crippen molar-refractivity contribution in [3.05, 3.63) is 57.2 Å². The summed E-state index contributed by atoms with van der Waals surface area (Å²) in [5.74, 6) is 0.0798. The zero-order valence-corrected chi connectivity index (χ0v) is 11.4.